The Morgan fingerprint density at radius 2 is 1.73 bits per heavy atom. The molecule has 1 unspecified atom stereocenters. The van der Waals surface area contributed by atoms with Gasteiger partial charge < -0.3 is 19.7 Å². The van der Waals surface area contributed by atoms with Crippen molar-refractivity contribution < 1.29 is 29.3 Å². The molecule has 0 amide bonds. The average molecular weight is 358 g/mol. The first-order chi connectivity index (χ1) is 12.4. The number of para-hydroxylation sites is 1. The predicted molar refractivity (Wildman–Crippen MR) is 96.1 cm³/mol. The number of hydrogen-bond acceptors (Lipinski definition) is 4. The van der Waals surface area contributed by atoms with E-state index in [0.29, 0.717) is 24.3 Å². The van der Waals surface area contributed by atoms with E-state index in [4.69, 9.17) is 14.6 Å². The van der Waals surface area contributed by atoms with E-state index in [2.05, 4.69) is 0 Å². The lowest BCUT2D eigenvalue weighted by Gasteiger charge is -2.17. The molecular formula is C20H22O6. The molecule has 2 rings (SSSR count). The number of carboxylic acid groups (broad SMARTS) is 2. The molecule has 138 valence electrons. The highest BCUT2D eigenvalue weighted by Crippen LogP contribution is 2.22. The van der Waals surface area contributed by atoms with Crippen LogP contribution in [0.3, 0.4) is 0 Å². The number of carbonyl (C=O) groups is 2. The van der Waals surface area contributed by atoms with Gasteiger partial charge in [0, 0.05) is 0 Å². The Labute approximate surface area is 152 Å². The van der Waals surface area contributed by atoms with Gasteiger partial charge >= 0.3 is 11.9 Å². The van der Waals surface area contributed by atoms with Crippen LogP contribution >= 0.6 is 0 Å². The molecule has 0 aliphatic heterocycles. The minimum absolute atomic E-state index is 0.133. The molecule has 0 saturated carbocycles. The third kappa shape index (κ3) is 5.24. The van der Waals surface area contributed by atoms with Gasteiger partial charge in [-0.05, 0) is 62.1 Å². The molecule has 2 aromatic rings. The van der Waals surface area contributed by atoms with Gasteiger partial charge in [0.05, 0.1) is 12.2 Å². The second-order valence-electron chi connectivity index (χ2n) is 5.99. The van der Waals surface area contributed by atoms with Gasteiger partial charge in [-0.3, -0.25) is 0 Å². The first kappa shape index (κ1) is 19.3. The molecule has 6 nitrogen and oxygen atoms in total. The van der Waals surface area contributed by atoms with Crippen molar-refractivity contribution in [2.45, 2.75) is 32.8 Å². The SMILES string of the molecule is Cc1ccccc1OCCCC(Oc1ccc(C(=O)O)cc1C)C(=O)O. The third-order valence-corrected chi connectivity index (χ3v) is 3.93. The van der Waals surface area contributed by atoms with E-state index in [9.17, 15) is 14.7 Å². The molecule has 26 heavy (non-hydrogen) atoms. The zero-order valence-corrected chi connectivity index (χ0v) is 14.8. The van der Waals surface area contributed by atoms with E-state index in [0.717, 1.165) is 11.3 Å². The summed E-state index contributed by atoms with van der Waals surface area (Å²) in [7, 11) is 0. The second-order valence-corrected chi connectivity index (χ2v) is 5.99. The molecule has 0 heterocycles. The van der Waals surface area contributed by atoms with Crippen molar-refractivity contribution >= 4 is 11.9 Å². The minimum Gasteiger partial charge on any atom is -0.493 e. The Hall–Kier alpha value is -3.02. The molecule has 0 fully saturated rings. The predicted octanol–water partition coefficient (Wildman–Crippen LogP) is 3.69. The Morgan fingerprint density at radius 1 is 1.00 bits per heavy atom. The van der Waals surface area contributed by atoms with E-state index in [-0.39, 0.29) is 12.0 Å². The lowest BCUT2D eigenvalue weighted by Crippen LogP contribution is -2.27. The zero-order chi connectivity index (χ0) is 19.1. The van der Waals surface area contributed by atoms with Crippen LogP contribution in [-0.4, -0.2) is 34.9 Å². The lowest BCUT2D eigenvalue weighted by molar-refractivity contribution is -0.145. The summed E-state index contributed by atoms with van der Waals surface area (Å²) in [6, 6.07) is 12.0. The van der Waals surface area contributed by atoms with Crippen molar-refractivity contribution in [3.63, 3.8) is 0 Å². The van der Waals surface area contributed by atoms with Crippen LogP contribution in [0.25, 0.3) is 0 Å². The van der Waals surface area contributed by atoms with Crippen LogP contribution < -0.4 is 9.47 Å². The fourth-order valence-corrected chi connectivity index (χ4v) is 2.47. The van der Waals surface area contributed by atoms with Crippen molar-refractivity contribution in [1.29, 1.82) is 0 Å². The van der Waals surface area contributed by atoms with Crippen LogP contribution in [-0.2, 0) is 4.79 Å². The maximum atomic E-state index is 11.4. The zero-order valence-electron chi connectivity index (χ0n) is 14.8. The molecular weight excluding hydrogens is 336 g/mol. The van der Waals surface area contributed by atoms with E-state index in [1.807, 2.05) is 31.2 Å². The summed E-state index contributed by atoms with van der Waals surface area (Å²) in [5.74, 6) is -0.965. The number of aromatic carboxylic acids is 1. The first-order valence-corrected chi connectivity index (χ1v) is 8.30. The molecule has 0 saturated heterocycles. The number of carboxylic acids is 2. The van der Waals surface area contributed by atoms with Crippen molar-refractivity contribution in [1.82, 2.24) is 0 Å². The Morgan fingerprint density at radius 3 is 2.35 bits per heavy atom. The van der Waals surface area contributed by atoms with Crippen LogP contribution in [0.2, 0.25) is 0 Å². The van der Waals surface area contributed by atoms with Gasteiger partial charge in [-0.25, -0.2) is 9.59 Å². The largest absolute Gasteiger partial charge is 0.493 e. The highest BCUT2D eigenvalue weighted by Gasteiger charge is 2.20. The second kappa shape index (κ2) is 8.89. The van der Waals surface area contributed by atoms with Crippen LogP contribution in [0.15, 0.2) is 42.5 Å². The summed E-state index contributed by atoms with van der Waals surface area (Å²) in [5.41, 5.74) is 1.73. The fourth-order valence-electron chi connectivity index (χ4n) is 2.47. The molecule has 2 N–H and O–H groups in total. The molecule has 0 aliphatic rings. The number of rotatable bonds is 9. The molecule has 0 bridgehead atoms. The lowest BCUT2D eigenvalue weighted by atomic mass is 10.1. The van der Waals surface area contributed by atoms with Crippen LogP contribution in [0.5, 0.6) is 11.5 Å². The van der Waals surface area contributed by atoms with Crippen molar-refractivity contribution in [3.8, 4) is 11.5 Å². The summed E-state index contributed by atoms with van der Waals surface area (Å²) in [5, 5.41) is 18.3. The molecule has 6 heteroatoms. The Kier molecular flexibility index (Phi) is 6.60. The van der Waals surface area contributed by atoms with Gasteiger partial charge in [0.25, 0.3) is 0 Å². The van der Waals surface area contributed by atoms with Gasteiger partial charge in [0.15, 0.2) is 6.10 Å². The number of aryl methyl sites for hydroxylation is 2. The standard InChI is InChI=1S/C20H22O6/c1-13-6-3-4-7-16(13)25-11-5-8-18(20(23)24)26-17-10-9-15(19(21)22)12-14(17)2/h3-4,6-7,9-10,12,18H,5,8,11H2,1-2H3,(H,21,22)(H,23,24). The molecule has 0 aromatic heterocycles. The summed E-state index contributed by atoms with van der Waals surface area (Å²) in [6.45, 7) is 4.01. The summed E-state index contributed by atoms with van der Waals surface area (Å²) in [4.78, 5) is 22.4. The average Bonchev–Trinajstić information content (AvgIpc) is 2.59. The topological polar surface area (TPSA) is 93.1 Å². The fraction of sp³-hybridized carbons (Fsp3) is 0.300. The number of aliphatic carboxylic acids is 1. The normalized spacial score (nSPS) is 11.6. The molecule has 2 aromatic carbocycles. The van der Waals surface area contributed by atoms with Crippen LogP contribution in [0.4, 0.5) is 0 Å². The maximum Gasteiger partial charge on any atom is 0.344 e. The van der Waals surface area contributed by atoms with Gasteiger partial charge in [-0.1, -0.05) is 18.2 Å². The van der Waals surface area contributed by atoms with E-state index in [1.54, 1.807) is 6.92 Å². The minimum atomic E-state index is -1.07. The highest BCUT2D eigenvalue weighted by atomic mass is 16.5. The Bertz CT molecular complexity index is 784. The van der Waals surface area contributed by atoms with Gasteiger partial charge in [0.1, 0.15) is 11.5 Å². The van der Waals surface area contributed by atoms with Crippen LogP contribution in [0, 0.1) is 13.8 Å². The van der Waals surface area contributed by atoms with Gasteiger partial charge in [-0.2, -0.15) is 0 Å². The maximum absolute atomic E-state index is 11.4. The summed E-state index contributed by atoms with van der Waals surface area (Å²) >= 11 is 0. The smallest absolute Gasteiger partial charge is 0.344 e. The monoisotopic (exact) mass is 358 g/mol. The van der Waals surface area contributed by atoms with Gasteiger partial charge in [0.2, 0.25) is 0 Å². The van der Waals surface area contributed by atoms with Gasteiger partial charge in [-0.15, -0.1) is 0 Å². The van der Waals surface area contributed by atoms with Crippen molar-refractivity contribution in [2.24, 2.45) is 0 Å². The van der Waals surface area contributed by atoms with E-state index >= 15 is 0 Å². The summed E-state index contributed by atoms with van der Waals surface area (Å²) in [6.07, 6.45) is -0.233. The highest BCUT2D eigenvalue weighted by molar-refractivity contribution is 5.88. The number of benzene rings is 2. The molecule has 0 spiro atoms. The van der Waals surface area contributed by atoms with E-state index in [1.165, 1.54) is 18.2 Å². The molecule has 0 aliphatic carbocycles. The van der Waals surface area contributed by atoms with E-state index < -0.39 is 18.0 Å². The summed E-state index contributed by atoms with van der Waals surface area (Å²) < 4.78 is 11.2. The Balaban J connectivity index is 1.92. The molecule has 0 radical (unpaired) electrons. The quantitative estimate of drug-likeness (QED) is 0.664. The van der Waals surface area contributed by atoms with Crippen molar-refractivity contribution in [2.75, 3.05) is 6.61 Å². The first-order valence-electron chi connectivity index (χ1n) is 8.30. The van der Waals surface area contributed by atoms with Crippen LogP contribution in [0.1, 0.15) is 34.3 Å². The van der Waals surface area contributed by atoms with Crippen molar-refractivity contribution in [3.05, 3.63) is 59.2 Å². The number of ether oxygens (including phenoxy) is 2. The molecule has 1 atom stereocenters. The number of hydrogen-bond donors (Lipinski definition) is 2. The third-order valence-electron chi connectivity index (χ3n) is 3.93.